The van der Waals surface area contributed by atoms with Crippen molar-refractivity contribution >= 4 is 40.9 Å². The van der Waals surface area contributed by atoms with Crippen molar-refractivity contribution in [2.75, 3.05) is 0 Å². The average molecular weight is 328 g/mol. The summed E-state index contributed by atoms with van der Waals surface area (Å²) in [6, 6.07) is 6.83. The zero-order chi connectivity index (χ0) is 14.9. The van der Waals surface area contributed by atoms with Gasteiger partial charge >= 0.3 is 5.97 Å². The van der Waals surface area contributed by atoms with E-state index in [-0.39, 0.29) is 5.56 Å². The monoisotopic (exact) mass is 327 g/mol. The number of carboxylic acid groups (broad SMARTS) is 1. The number of aromatic nitrogens is 1. The molecule has 0 saturated carbocycles. The highest BCUT2D eigenvalue weighted by Gasteiger charge is 2.17. The Morgan fingerprint density at radius 3 is 2.55 bits per heavy atom. The molecule has 0 bridgehead atoms. The van der Waals surface area contributed by atoms with Crippen LogP contribution in [0.3, 0.4) is 0 Å². The molecule has 0 atom stereocenters. The van der Waals surface area contributed by atoms with Crippen LogP contribution < -0.4 is 0 Å². The third-order valence-electron chi connectivity index (χ3n) is 2.62. The Kier molecular flexibility index (Phi) is 4.58. The fourth-order valence-corrected chi connectivity index (χ4v) is 3.43. The van der Waals surface area contributed by atoms with Gasteiger partial charge in [0.2, 0.25) is 0 Å². The van der Waals surface area contributed by atoms with E-state index in [9.17, 15) is 9.90 Å². The highest BCUT2D eigenvalue weighted by atomic mass is 35.5. The van der Waals surface area contributed by atoms with Crippen LogP contribution in [0.5, 0.6) is 0 Å². The molecule has 0 amide bonds. The minimum absolute atomic E-state index is 0.191. The van der Waals surface area contributed by atoms with E-state index in [1.165, 1.54) is 11.8 Å². The maximum Gasteiger partial charge on any atom is 0.338 e. The number of hydrogen-bond acceptors (Lipinski definition) is 3. The maximum absolute atomic E-state index is 11.4. The molecular formula is C14H11Cl2NO2S. The molecule has 0 fully saturated rings. The van der Waals surface area contributed by atoms with Gasteiger partial charge in [0, 0.05) is 20.5 Å². The first-order chi connectivity index (χ1) is 9.38. The Morgan fingerprint density at radius 2 is 1.90 bits per heavy atom. The van der Waals surface area contributed by atoms with E-state index in [0.717, 1.165) is 5.69 Å². The number of hydrogen-bond donors (Lipinski definition) is 1. The van der Waals surface area contributed by atoms with Crippen molar-refractivity contribution in [3.63, 3.8) is 0 Å². The maximum atomic E-state index is 11.4. The number of nitrogens with zero attached hydrogens (tertiary/aromatic N) is 1. The average Bonchev–Trinajstić information content (AvgIpc) is 2.32. The summed E-state index contributed by atoms with van der Waals surface area (Å²) in [7, 11) is 0. The van der Waals surface area contributed by atoms with Gasteiger partial charge in [-0.2, -0.15) is 0 Å². The van der Waals surface area contributed by atoms with E-state index < -0.39 is 5.97 Å². The molecule has 20 heavy (non-hydrogen) atoms. The minimum atomic E-state index is -1.00. The molecule has 1 aromatic heterocycles. The number of aromatic carboxylic acids is 1. The van der Waals surface area contributed by atoms with Crippen molar-refractivity contribution in [3.05, 3.63) is 51.3 Å². The standard InChI is InChI=1S/C14H11Cl2NO2S/c1-7-5-12(13(14(18)19)8(2)17-7)20-11-6-9(15)3-4-10(11)16/h3-6H,1-2H3,(H,18,19). The van der Waals surface area contributed by atoms with Gasteiger partial charge in [0.25, 0.3) is 0 Å². The highest BCUT2D eigenvalue weighted by Crippen LogP contribution is 2.37. The summed E-state index contributed by atoms with van der Waals surface area (Å²) in [6.45, 7) is 3.50. The Morgan fingerprint density at radius 1 is 1.20 bits per heavy atom. The van der Waals surface area contributed by atoms with Crippen LogP contribution in [0.15, 0.2) is 34.1 Å². The van der Waals surface area contributed by atoms with Gasteiger partial charge in [-0.3, -0.25) is 4.98 Å². The Balaban J connectivity index is 2.53. The summed E-state index contributed by atoms with van der Waals surface area (Å²) in [5, 5.41) is 10.4. The largest absolute Gasteiger partial charge is 0.478 e. The Bertz CT molecular complexity index is 689. The summed E-state index contributed by atoms with van der Waals surface area (Å²) >= 11 is 13.3. The number of carbonyl (C=O) groups is 1. The second-order valence-electron chi connectivity index (χ2n) is 4.20. The first-order valence-corrected chi connectivity index (χ1v) is 7.30. The summed E-state index contributed by atoms with van der Waals surface area (Å²) in [5.74, 6) is -1.00. The van der Waals surface area contributed by atoms with Gasteiger partial charge < -0.3 is 5.11 Å². The van der Waals surface area contributed by atoms with Crippen LogP contribution in [0, 0.1) is 13.8 Å². The second kappa shape index (κ2) is 6.04. The fourth-order valence-electron chi connectivity index (χ4n) is 1.81. The molecule has 0 aliphatic heterocycles. The van der Waals surface area contributed by atoms with Crippen LogP contribution in [0.4, 0.5) is 0 Å². The number of benzene rings is 1. The molecule has 1 heterocycles. The zero-order valence-corrected chi connectivity index (χ0v) is 13.1. The number of rotatable bonds is 3. The third-order valence-corrected chi connectivity index (χ3v) is 4.40. The lowest BCUT2D eigenvalue weighted by atomic mass is 10.2. The Hall–Kier alpha value is -1.23. The summed E-state index contributed by atoms with van der Waals surface area (Å²) < 4.78 is 0. The normalized spacial score (nSPS) is 10.6. The highest BCUT2D eigenvalue weighted by molar-refractivity contribution is 7.99. The predicted octanol–water partition coefficient (Wildman–Crippen LogP) is 4.85. The van der Waals surface area contributed by atoms with Gasteiger partial charge in [-0.1, -0.05) is 35.0 Å². The molecule has 104 valence electrons. The lowest BCUT2D eigenvalue weighted by molar-refractivity contribution is 0.0691. The van der Waals surface area contributed by atoms with Crippen molar-refractivity contribution < 1.29 is 9.90 Å². The van der Waals surface area contributed by atoms with Crippen molar-refractivity contribution in [3.8, 4) is 0 Å². The van der Waals surface area contributed by atoms with Crippen LogP contribution >= 0.6 is 35.0 Å². The van der Waals surface area contributed by atoms with Crippen LogP contribution in [0.2, 0.25) is 10.0 Å². The molecule has 0 aliphatic carbocycles. The van der Waals surface area contributed by atoms with Gasteiger partial charge in [0.05, 0.1) is 16.3 Å². The number of aryl methyl sites for hydroxylation is 2. The predicted molar refractivity (Wildman–Crippen MR) is 81.3 cm³/mol. The van der Waals surface area contributed by atoms with Gasteiger partial charge in [-0.15, -0.1) is 0 Å². The zero-order valence-electron chi connectivity index (χ0n) is 10.8. The fraction of sp³-hybridized carbons (Fsp3) is 0.143. The lowest BCUT2D eigenvalue weighted by Gasteiger charge is -2.10. The Labute approximate surface area is 130 Å². The summed E-state index contributed by atoms with van der Waals surface area (Å²) in [4.78, 5) is 16.9. The number of carboxylic acids is 1. The smallest absolute Gasteiger partial charge is 0.338 e. The number of halogens is 2. The van der Waals surface area contributed by atoms with Crippen LogP contribution in [0.1, 0.15) is 21.7 Å². The van der Waals surface area contributed by atoms with Crippen molar-refractivity contribution in [1.29, 1.82) is 0 Å². The molecule has 2 aromatic rings. The van der Waals surface area contributed by atoms with E-state index in [1.54, 1.807) is 31.2 Å². The first kappa shape index (κ1) is 15.2. The second-order valence-corrected chi connectivity index (χ2v) is 6.13. The molecule has 0 saturated heterocycles. The van der Waals surface area contributed by atoms with Crippen molar-refractivity contribution in [2.24, 2.45) is 0 Å². The van der Waals surface area contributed by atoms with Gasteiger partial charge in [-0.05, 0) is 38.1 Å². The molecule has 3 nitrogen and oxygen atoms in total. The van der Waals surface area contributed by atoms with Gasteiger partial charge in [0.15, 0.2) is 0 Å². The van der Waals surface area contributed by atoms with Crippen molar-refractivity contribution in [2.45, 2.75) is 23.6 Å². The summed E-state index contributed by atoms with van der Waals surface area (Å²) in [5.41, 5.74) is 1.43. The van der Waals surface area contributed by atoms with Gasteiger partial charge in [0.1, 0.15) is 0 Å². The molecule has 0 aliphatic rings. The lowest BCUT2D eigenvalue weighted by Crippen LogP contribution is -2.05. The van der Waals surface area contributed by atoms with Crippen LogP contribution in [-0.4, -0.2) is 16.1 Å². The van der Waals surface area contributed by atoms with Crippen molar-refractivity contribution in [1.82, 2.24) is 4.98 Å². The van der Waals surface area contributed by atoms with E-state index in [2.05, 4.69) is 4.98 Å². The van der Waals surface area contributed by atoms with E-state index >= 15 is 0 Å². The topological polar surface area (TPSA) is 50.2 Å². The van der Waals surface area contributed by atoms with E-state index in [0.29, 0.717) is 25.5 Å². The van der Waals surface area contributed by atoms with Crippen LogP contribution in [-0.2, 0) is 0 Å². The van der Waals surface area contributed by atoms with Crippen LogP contribution in [0.25, 0.3) is 0 Å². The van der Waals surface area contributed by atoms with E-state index in [1.807, 2.05) is 6.92 Å². The summed E-state index contributed by atoms with van der Waals surface area (Å²) in [6.07, 6.45) is 0. The SMILES string of the molecule is Cc1cc(Sc2cc(Cl)ccc2Cl)c(C(=O)O)c(C)n1. The van der Waals surface area contributed by atoms with E-state index in [4.69, 9.17) is 23.2 Å². The first-order valence-electron chi connectivity index (χ1n) is 5.73. The molecule has 0 spiro atoms. The number of pyridine rings is 1. The molecule has 1 N–H and O–H groups in total. The third kappa shape index (κ3) is 3.26. The quantitative estimate of drug-likeness (QED) is 0.874. The van der Waals surface area contributed by atoms with Gasteiger partial charge in [-0.25, -0.2) is 4.79 Å². The molecule has 1 aromatic carbocycles. The molecule has 0 unspecified atom stereocenters. The molecule has 6 heteroatoms. The molecule has 0 radical (unpaired) electrons. The molecular weight excluding hydrogens is 317 g/mol. The molecule has 2 rings (SSSR count). The minimum Gasteiger partial charge on any atom is -0.478 e.